The molecule has 0 radical (unpaired) electrons. The lowest BCUT2D eigenvalue weighted by Gasteiger charge is -2.22. The number of hydrogen-bond donors (Lipinski definition) is 1. The molecule has 20 heavy (non-hydrogen) atoms. The van der Waals surface area contributed by atoms with Crippen LogP contribution >= 0.6 is 0 Å². The molecule has 0 aromatic heterocycles. The van der Waals surface area contributed by atoms with Gasteiger partial charge in [0, 0.05) is 11.7 Å². The first-order valence-electron chi connectivity index (χ1n) is 7.03. The number of anilines is 1. The topological polar surface area (TPSA) is 12.0 Å². The minimum atomic E-state index is -4.29. The van der Waals surface area contributed by atoms with Crippen molar-refractivity contribution in [2.45, 2.75) is 52.8 Å². The van der Waals surface area contributed by atoms with Gasteiger partial charge in [0.05, 0.1) is 5.56 Å². The first kappa shape index (κ1) is 15.2. The average Bonchev–Trinajstić information content (AvgIpc) is 2.53. The number of rotatable bonds is 2. The largest absolute Gasteiger partial charge is 0.416 e. The second-order valence-corrected chi connectivity index (χ2v) is 6.83. The summed E-state index contributed by atoms with van der Waals surface area (Å²) in [4.78, 5) is 0. The molecular weight excluding hydrogens is 263 g/mol. The molecule has 0 amide bonds. The summed E-state index contributed by atoms with van der Waals surface area (Å²) in [5.74, 6) is 0.471. The molecular formula is C16H22F3N. The molecule has 0 bridgehead atoms. The Labute approximate surface area is 118 Å². The summed E-state index contributed by atoms with van der Waals surface area (Å²) in [6.07, 6.45) is -2.20. The van der Waals surface area contributed by atoms with Gasteiger partial charge in [0.2, 0.25) is 0 Å². The van der Waals surface area contributed by atoms with Gasteiger partial charge in [-0.2, -0.15) is 13.2 Å². The zero-order chi connectivity index (χ0) is 15.1. The summed E-state index contributed by atoms with van der Waals surface area (Å²) in [6.45, 7) is 8.43. The molecule has 1 nitrogen and oxygen atoms in total. The van der Waals surface area contributed by atoms with E-state index in [1.165, 1.54) is 12.1 Å². The van der Waals surface area contributed by atoms with Crippen LogP contribution in [0.2, 0.25) is 0 Å². The van der Waals surface area contributed by atoms with Crippen molar-refractivity contribution in [3.63, 3.8) is 0 Å². The molecule has 2 unspecified atom stereocenters. The highest BCUT2D eigenvalue weighted by Crippen LogP contribution is 2.42. The maximum atomic E-state index is 12.8. The molecule has 1 saturated carbocycles. The molecule has 0 spiro atoms. The fraction of sp³-hybridized carbons (Fsp3) is 0.625. The normalized spacial score (nSPS) is 25.8. The molecule has 1 N–H and O–H groups in total. The predicted octanol–water partition coefficient (Wildman–Crippen LogP) is 5.25. The van der Waals surface area contributed by atoms with E-state index in [2.05, 4.69) is 26.1 Å². The van der Waals surface area contributed by atoms with Crippen LogP contribution in [0.25, 0.3) is 0 Å². The zero-order valence-corrected chi connectivity index (χ0v) is 12.4. The van der Waals surface area contributed by atoms with Crippen molar-refractivity contribution in [1.82, 2.24) is 0 Å². The number of aryl methyl sites for hydroxylation is 1. The van der Waals surface area contributed by atoms with Crippen LogP contribution in [0.15, 0.2) is 18.2 Å². The Bertz CT molecular complexity index is 491. The Kier molecular flexibility index (Phi) is 3.78. The highest BCUT2D eigenvalue weighted by molar-refractivity contribution is 5.54. The molecule has 4 heteroatoms. The molecule has 1 aliphatic carbocycles. The summed E-state index contributed by atoms with van der Waals surface area (Å²) in [5.41, 5.74) is 1.13. The van der Waals surface area contributed by atoms with Gasteiger partial charge in [0.15, 0.2) is 0 Å². The van der Waals surface area contributed by atoms with Crippen molar-refractivity contribution >= 4 is 5.69 Å². The molecule has 0 saturated heterocycles. The van der Waals surface area contributed by atoms with E-state index < -0.39 is 11.7 Å². The third-order valence-electron chi connectivity index (χ3n) is 4.24. The molecule has 1 fully saturated rings. The van der Waals surface area contributed by atoms with Crippen molar-refractivity contribution in [1.29, 1.82) is 0 Å². The fourth-order valence-corrected chi connectivity index (χ4v) is 3.24. The molecule has 2 atom stereocenters. The molecule has 0 aliphatic heterocycles. The highest BCUT2D eigenvalue weighted by atomic mass is 19.4. The van der Waals surface area contributed by atoms with Crippen LogP contribution in [0, 0.1) is 18.3 Å². The van der Waals surface area contributed by atoms with Crippen molar-refractivity contribution in [2.24, 2.45) is 11.3 Å². The van der Waals surface area contributed by atoms with Gasteiger partial charge in [-0.15, -0.1) is 0 Å². The van der Waals surface area contributed by atoms with Crippen LogP contribution < -0.4 is 5.32 Å². The Balaban J connectivity index is 2.21. The lowest BCUT2D eigenvalue weighted by atomic mass is 9.91. The molecule has 1 aliphatic rings. The quantitative estimate of drug-likeness (QED) is 0.782. The number of hydrogen-bond acceptors (Lipinski definition) is 1. The lowest BCUT2D eigenvalue weighted by Crippen LogP contribution is -2.23. The predicted molar refractivity (Wildman–Crippen MR) is 75.8 cm³/mol. The van der Waals surface area contributed by atoms with Gasteiger partial charge in [0.1, 0.15) is 0 Å². The lowest BCUT2D eigenvalue weighted by molar-refractivity contribution is -0.137. The Hall–Kier alpha value is -1.19. The molecule has 2 rings (SSSR count). The van der Waals surface area contributed by atoms with E-state index in [4.69, 9.17) is 0 Å². The van der Waals surface area contributed by atoms with E-state index in [1.807, 2.05) is 6.92 Å². The van der Waals surface area contributed by atoms with Crippen LogP contribution in [0.5, 0.6) is 0 Å². The summed E-state index contributed by atoms with van der Waals surface area (Å²) in [6, 6.07) is 4.15. The SMILES string of the molecule is Cc1ccc(C(F)(F)F)cc1NC1CC(C)(C)CC1C. The minimum Gasteiger partial charge on any atom is -0.382 e. The van der Waals surface area contributed by atoms with E-state index >= 15 is 0 Å². The Morgan fingerprint density at radius 1 is 1.20 bits per heavy atom. The third kappa shape index (κ3) is 3.28. The van der Waals surface area contributed by atoms with Crippen LogP contribution in [0.4, 0.5) is 18.9 Å². The maximum Gasteiger partial charge on any atom is 0.416 e. The van der Waals surface area contributed by atoms with E-state index in [1.54, 1.807) is 0 Å². The second kappa shape index (κ2) is 4.97. The summed E-state index contributed by atoms with van der Waals surface area (Å²) >= 11 is 0. The first-order chi connectivity index (χ1) is 9.08. The third-order valence-corrected chi connectivity index (χ3v) is 4.24. The minimum absolute atomic E-state index is 0.243. The van der Waals surface area contributed by atoms with Crippen molar-refractivity contribution in [3.05, 3.63) is 29.3 Å². The van der Waals surface area contributed by atoms with Gasteiger partial charge >= 0.3 is 6.18 Å². The Morgan fingerprint density at radius 2 is 1.85 bits per heavy atom. The van der Waals surface area contributed by atoms with Crippen LogP contribution in [-0.2, 0) is 6.18 Å². The highest BCUT2D eigenvalue weighted by Gasteiger charge is 2.37. The molecule has 0 heterocycles. The zero-order valence-electron chi connectivity index (χ0n) is 12.4. The van der Waals surface area contributed by atoms with E-state index in [9.17, 15) is 13.2 Å². The second-order valence-electron chi connectivity index (χ2n) is 6.83. The van der Waals surface area contributed by atoms with E-state index in [0.29, 0.717) is 11.6 Å². The average molecular weight is 285 g/mol. The van der Waals surface area contributed by atoms with E-state index in [-0.39, 0.29) is 11.5 Å². The molecule has 1 aromatic rings. The number of halogens is 3. The monoisotopic (exact) mass is 285 g/mol. The van der Waals surface area contributed by atoms with E-state index in [0.717, 1.165) is 24.5 Å². The smallest absolute Gasteiger partial charge is 0.382 e. The van der Waals surface area contributed by atoms with Crippen molar-refractivity contribution < 1.29 is 13.2 Å². The van der Waals surface area contributed by atoms with Crippen molar-refractivity contribution in [2.75, 3.05) is 5.32 Å². The van der Waals surface area contributed by atoms with Crippen molar-refractivity contribution in [3.8, 4) is 0 Å². The summed E-state index contributed by atoms with van der Waals surface area (Å²) < 4.78 is 38.4. The van der Waals surface area contributed by atoms with Gasteiger partial charge in [-0.1, -0.05) is 26.8 Å². The Morgan fingerprint density at radius 3 is 2.35 bits per heavy atom. The standard InChI is InChI=1S/C16H22F3N/c1-10-5-6-12(16(17,18)19)7-13(10)20-14-9-15(3,4)8-11(14)2/h5-7,11,14,20H,8-9H2,1-4H3. The van der Waals surface area contributed by atoms with Gasteiger partial charge in [-0.3, -0.25) is 0 Å². The van der Waals surface area contributed by atoms with Crippen LogP contribution in [0.3, 0.4) is 0 Å². The van der Waals surface area contributed by atoms with Gasteiger partial charge < -0.3 is 5.32 Å². The fourth-order valence-electron chi connectivity index (χ4n) is 3.24. The molecule has 112 valence electrons. The van der Waals surface area contributed by atoms with Gasteiger partial charge in [-0.25, -0.2) is 0 Å². The summed E-state index contributed by atoms with van der Waals surface area (Å²) in [5, 5.41) is 3.33. The summed E-state index contributed by atoms with van der Waals surface area (Å²) in [7, 11) is 0. The maximum absolute atomic E-state index is 12.8. The van der Waals surface area contributed by atoms with Crippen LogP contribution in [-0.4, -0.2) is 6.04 Å². The van der Waals surface area contributed by atoms with Crippen LogP contribution in [0.1, 0.15) is 44.7 Å². The van der Waals surface area contributed by atoms with Gasteiger partial charge in [-0.05, 0) is 48.8 Å². The first-order valence-corrected chi connectivity index (χ1v) is 7.03. The molecule has 1 aromatic carbocycles. The number of nitrogens with one attached hydrogen (secondary N) is 1. The number of alkyl halides is 3. The number of benzene rings is 1. The van der Waals surface area contributed by atoms with Gasteiger partial charge in [0.25, 0.3) is 0 Å².